The molecule has 0 fully saturated rings. The number of nitrogens with one attached hydrogen (secondary N) is 1. The molecule has 5 heteroatoms. The van der Waals surface area contributed by atoms with Gasteiger partial charge in [-0.2, -0.15) is 0 Å². The van der Waals surface area contributed by atoms with Gasteiger partial charge in [-0.1, -0.05) is 30.3 Å². The Balaban J connectivity index is 0.000000171. The number of carbonyl (C=O) groups excluding carboxylic acids is 1. The molecule has 0 saturated heterocycles. The van der Waals surface area contributed by atoms with Crippen molar-refractivity contribution in [2.24, 2.45) is 0 Å². The molecule has 0 saturated carbocycles. The molecule has 1 heterocycles. The molecule has 0 radical (unpaired) electrons. The van der Waals surface area contributed by atoms with Crippen molar-refractivity contribution in [3.63, 3.8) is 0 Å². The maximum absolute atomic E-state index is 10.4. The molecule has 1 N–H and O–H groups in total. The Morgan fingerprint density at radius 1 is 1.24 bits per heavy atom. The summed E-state index contributed by atoms with van der Waals surface area (Å²) in [5, 5.41) is 0. The highest BCUT2D eigenvalue weighted by atomic mass is 16.5. The number of methoxy groups -OCH3 is 1. The van der Waals surface area contributed by atoms with Crippen LogP contribution in [0.1, 0.15) is 10.4 Å². The summed E-state index contributed by atoms with van der Waals surface area (Å²) in [6.45, 7) is 0. The number of rotatable bonds is 2. The van der Waals surface area contributed by atoms with Gasteiger partial charge in [-0.15, -0.1) is 0 Å². The van der Waals surface area contributed by atoms with E-state index in [9.17, 15) is 9.59 Å². The number of aldehydes is 1. The van der Waals surface area contributed by atoms with Crippen LogP contribution in [0.25, 0.3) is 0 Å². The predicted molar refractivity (Wildman–Crippen MR) is 63.2 cm³/mol. The van der Waals surface area contributed by atoms with Gasteiger partial charge in [0, 0.05) is 17.8 Å². The van der Waals surface area contributed by atoms with E-state index in [2.05, 4.69) is 9.97 Å². The van der Waals surface area contributed by atoms with Crippen molar-refractivity contribution in [1.29, 1.82) is 0 Å². The Bertz CT molecular complexity index is 508. The average molecular weight is 232 g/mol. The van der Waals surface area contributed by atoms with Crippen LogP contribution in [-0.2, 0) is 0 Å². The molecule has 2 aromatic rings. The minimum atomic E-state index is -0.394. The van der Waals surface area contributed by atoms with Crippen molar-refractivity contribution in [3.05, 3.63) is 58.6 Å². The Labute approximate surface area is 98.1 Å². The quantitative estimate of drug-likeness (QED) is 0.791. The van der Waals surface area contributed by atoms with Crippen LogP contribution in [0.4, 0.5) is 0 Å². The first-order chi connectivity index (χ1) is 8.26. The third kappa shape index (κ3) is 4.74. The van der Waals surface area contributed by atoms with Gasteiger partial charge in [-0.05, 0) is 0 Å². The van der Waals surface area contributed by atoms with Crippen LogP contribution in [0.5, 0.6) is 5.88 Å². The van der Waals surface area contributed by atoms with E-state index in [1.807, 2.05) is 18.2 Å². The molecule has 0 aliphatic carbocycles. The van der Waals surface area contributed by atoms with E-state index < -0.39 is 5.69 Å². The number of benzene rings is 1. The molecule has 88 valence electrons. The summed E-state index contributed by atoms with van der Waals surface area (Å²) in [6, 6.07) is 10.7. The van der Waals surface area contributed by atoms with Crippen LogP contribution >= 0.6 is 0 Å². The molecule has 2 rings (SSSR count). The highest BCUT2D eigenvalue weighted by Crippen LogP contribution is 1.95. The van der Waals surface area contributed by atoms with Crippen LogP contribution in [-0.4, -0.2) is 23.4 Å². The fourth-order valence-electron chi connectivity index (χ4n) is 1.00. The van der Waals surface area contributed by atoms with Gasteiger partial charge in [-0.25, -0.2) is 9.78 Å². The molecule has 0 atom stereocenters. The monoisotopic (exact) mass is 232 g/mol. The van der Waals surface area contributed by atoms with Gasteiger partial charge < -0.3 is 4.74 Å². The van der Waals surface area contributed by atoms with E-state index in [1.54, 1.807) is 18.2 Å². The van der Waals surface area contributed by atoms with Gasteiger partial charge in [0.25, 0.3) is 0 Å². The molecule has 17 heavy (non-hydrogen) atoms. The van der Waals surface area contributed by atoms with Crippen LogP contribution in [0.3, 0.4) is 0 Å². The van der Waals surface area contributed by atoms with Gasteiger partial charge in [0.15, 0.2) is 5.88 Å². The van der Waals surface area contributed by atoms with E-state index in [4.69, 9.17) is 4.74 Å². The summed E-state index contributed by atoms with van der Waals surface area (Å²) in [4.78, 5) is 26.2. The molecule has 1 aromatic carbocycles. The molecular weight excluding hydrogens is 220 g/mol. The first-order valence-corrected chi connectivity index (χ1v) is 4.86. The summed E-state index contributed by atoms with van der Waals surface area (Å²) < 4.78 is 4.70. The van der Waals surface area contributed by atoms with Gasteiger partial charge in [0.05, 0.1) is 7.11 Å². The van der Waals surface area contributed by atoms with Crippen molar-refractivity contribution in [3.8, 4) is 5.88 Å². The van der Waals surface area contributed by atoms with E-state index in [1.165, 1.54) is 13.3 Å². The minimum Gasteiger partial charge on any atom is -0.482 e. The zero-order chi connectivity index (χ0) is 12.5. The highest BCUT2D eigenvalue weighted by Gasteiger charge is 1.87. The first-order valence-electron chi connectivity index (χ1n) is 4.86. The van der Waals surface area contributed by atoms with Gasteiger partial charge in [0.1, 0.15) is 6.29 Å². The van der Waals surface area contributed by atoms with Gasteiger partial charge in [0.2, 0.25) is 0 Å². The Kier molecular flexibility index (Phi) is 5.16. The summed E-state index contributed by atoms with van der Waals surface area (Å²) in [5.74, 6) is 0.426. The van der Waals surface area contributed by atoms with Crippen molar-refractivity contribution in [1.82, 2.24) is 9.97 Å². The van der Waals surface area contributed by atoms with E-state index in [0.717, 1.165) is 11.8 Å². The largest absolute Gasteiger partial charge is 0.482 e. The van der Waals surface area contributed by atoms with Crippen LogP contribution in [0, 0.1) is 0 Å². The lowest BCUT2D eigenvalue weighted by Crippen LogP contribution is -2.09. The lowest BCUT2D eigenvalue weighted by Gasteiger charge is -1.93. The van der Waals surface area contributed by atoms with Gasteiger partial charge >= 0.3 is 5.69 Å². The predicted octanol–water partition coefficient (Wildman–Crippen LogP) is 1.28. The molecule has 0 aliphatic rings. The number of carbonyl (C=O) groups is 1. The van der Waals surface area contributed by atoms with E-state index >= 15 is 0 Å². The summed E-state index contributed by atoms with van der Waals surface area (Å²) >= 11 is 0. The van der Waals surface area contributed by atoms with Crippen LogP contribution < -0.4 is 10.4 Å². The third-order valence-electron chi connectivity index (χ3n) is 1.80. The molecule has 5 nitrogen and oxygen atoms in total. The number of aromatic amines is 1. The number of H-pyrrole nitrogens is 1. The van der Waals surface area contributed by atoms with Crippen molar-refractivity contribution >= 4 is 6.29 Å². The second kappa shape index (κ2) is 6.95. The van der Waals surface area contributed by atoms with Crippen molar-refractivity contribution in [2.75, 3.05) is 7.11 Å². The molecule has 0 amide bonds. The topological polar surface area (TPSA) is 72.0 Å². The molecule has 0 aliphatic heterocycles. The molecule has 0 bridgehead atoms. The number of nitrogens with zero attached hydrogens (tertiary/aromatic N) is 1. The summed E-state index contributed by atoms with van der Waals surface area (Å²) in [7, 11) is 1.48. The zero-order valence-corrected chi connectivity index (χ0v) is 9.29. The summed E-state index contributed by atoms with van der Waals surface area (Å²) in [6.07, 6.45) is 2.22. The Morgan fingerprint density at radius 2 is 1.94 bits per heavy atom. The number of hydrogen-bond acceptors (Lipinski definition) is 4. The molecule has 0 unspecified atom stereocenters. The normalized spacial score (nSPS) is 8.76. The average Bonchev–Trinajstić information content (AvgIpc) is 2.40. The number of ether oxygens (including phenoxy) is 1. The lowest BCUT2D eigenvalue weighted by molar-refractivity contribution is 0.112. The zero-order valence-electron chi connectivity index (χ0n) is 9.29. The fourth-order valence-corrected chi connectivity index (χ4v) is 1.00. The smallest absolute Gasteiger partial charge is 0.347 e. The number of hydrogen-bond donors (Lipinski definition) is 1. The van der Waals surface area contributed by atoms with E-state index in [-0.39, 0.29) is 0 Å². The Morgan fingerprint density at radius 3 is 2.35 bits per heavy atom. The third-order valence-corrected chi connectivity index (χ3v) is 1.80. The first kappa shape index (κ1) is 12.6. The lowest BCUT2D eigenvalue weighted by atomic mass is 10.2. The Hall–Kier alpha value is -2.43. The highest BCUT2D eigenvalue weighted by molar-refractivity contribution is 5.74. The SMILES string of the molecule is COc1ccnc(=O)[nH]1.O=Cc1ccccc1. The number of aromatic nitrogens is 2. The maximum atomic E-state index is 10.4. The minimum absolute atomic E-state index is 0.394. The van der Waals surface area contributed by atoms with E-state index in [0.29, 0.717) is 5.88 Å². The van der Waals surface area contributed by atoms with Crippen molar-refractivity contribution in [2.45, 2.75) is 0 Å². The standard InChI is InChI=1S/C7H6O.C5H6N2O2/c8-6-7-4-2-1-3-5-7;1-9-4-2-3-6-5(8)7-4/h1-6H;2-3H,1H3,(H,6,7,8). The molecule has 1 aromatic heterocycles. The van der Waals surface area contributed by atoms with Gasteiger partial charge in [-0.3, -0.25) is 9.78 Å². The second-order valence-electron chi connectivity index (χ2n) is 2.97. The summed E-state index contributed by atoms with van der Waals surface area (Å²) in [5.41, 5.74) is 0.335. The molecular formula is C12H12N2O3. The molecule has 0 spiro atoms. The van der Waals surface area contributed by atoms with Crippen LogP contribution in [0.15, 0.2) is 47.4 Å². The maximum Gasteiger partial charge on any atom is 0.347 e. The second-order valence-corrected chi connectivity index (χ2v) is 2.97. The van der Waals surface area contributed by atoms with Crippen LogP contribution in [0.2, 0.25) is 0 Å². The van der Waals surface area contributed by atoms with Crippen molar-refractivity contribution < 1.29 is 9.53 Å². The fraction of sp³-hybridized carbons (Fsp3) is 0.0833.